The van der Waals surface area contributed by atoms with E-state index in [1.54, 1.807) is 6.07 Å². The lowest BCUT2D eigenvalue weighted by Gasteiger charge is -2.06. The monoisotopic (exact) mass is 255 g/mol. The first-order valence-electron chi connectivity index (χ1n) is 5.72. The Bertz CT molecular complexity index is 624. The molecule has 0 bridgehead atoms. The van der Waals surface area contributed by atoms with Crippen molar-refractivity contribution < 1.29 is 4.92 Å². The van der Waals surface area contributed by atoms with E-state index in [-0.39, 0.29) is 11.5 Å². The summed E-state index contributed by atoms with van der Waals surface area (Å²) in [5, 5.41) is 11.1. The minimum atomic E-state index is -0.493. The zero-order valence-electron chi connectivity index (χ0n) is 10.2. The van der Waals surface area contributed by atoms with Crippen LogP contribution in [0.1, 0.15) is 16.8 Å². The predicted octanol–water partition coefficient (Wildman–Crippen LogP) is 2.81. The molecule has 2 rings (SSSR count). The Balaban J connectivity index is 2.50. The quantitative estimate of drug-likeness (QED) is 0.672. The maximum absolute atomic E-state index is 11.1. The topological polar surface area (TPSA) is 82.0 Å². The van der Waals surface area contributed by atoms with E-state index in [1.165, 1.54) is 6.08 Å². The van der Waals surface area contributed by atoms with Crippen LogP contribution >= 0.6 is 0 Å². The first kappa shape index (κ1) is 12.8. The molecule has 1 aromatic carbocycles. The fourth-order valence-electron chi connectivity index (χ4n) is 1.90. The van der Waals surface area contributed by atoms with Crippen molar-refractivity contribution >= 4 is 17.6 Å². The molecule has 0 amide bonds. The second-order valence-electron chi connectivity index (χ2n) is 4.06. The number of anilines is 1. The molecule has 0 spiro atoms. The molecule has 0 radical (unpaired) electrons. The normalized spacial score (nSPS) is 10.1. The Morgan fingerprint density at radius 2 is 2.05 bits per heavy atom. The number of nitrogen functional groups attached to an aromatic ring is 1. The van der Waals surface area contributed by atoms with Crippen LogP contribution in [0.5, 0.6) is 0 Å². The Morgan fingerprint density at radius 1 is 1.37 bits per heavy atom. The van der Waals surface area contributed by atoms with Gasteiger partial charge in [-0.3, -0.25) is 10.1 Å². The summed E-state index contributed by atoms with van der Waals surface area (Å²) in [5.74, 6) is -0.0756. The number of pyridine rings is 1. The summed E-state index contributed by atoms with van der Waals surface area (Å²) >= 11 is 0. The first-order valence-corrected chi connectivity index (χ1v) is 5.72. The molecule has 0 unspecified atom stereocenters. The highest BCUT2D eigenvalue weighted by atomic mass is 16.6. The molecular formula is C14H13N3O2. The number of hydrogen-bond acceptors (Lipinski definition) is 4. The Labute approximate surface area is 110 Å². The number of benzene rings is 1. The Hall–Kier alpha value is -2.69. The third kappa shape index (κ3) is 2.77. The molecule has 96 valence electrons. The lowest BCUT2D eigenvalue weighted by atomic mass is 10.0. The van der Waals surface area contributed by atoms with Gasteiger partial charge in [-0.2, -0.15) is 0 Å². The third-order valence-corrected chi connectivity index (χ3v) is 2.75. The molecule has 0 saturated carbocycles. The SMILES string of the molecule is C=Cc1cc(Cc2ccccc2)c([N+](=O)[O-])c(N)n1. The smallest absolute Gasteiger partial charge is 0.314 e. The summed E-state index contributed by atoms with van der Waals surface area (Å²) in [7, 11) is 0. The van der Waals surface area contributed by atoms with Crippen LogP contribution in [0.3, 0.4) is 0 Å². The van der Waals surface area contributed by atoms with Gasteiger partial charge in [0.1, 0.15) is 0 Å². The van der Waals surface area contributed by atoms with Gasteiger partial charge in [0.15, 0.2) is 0 Å². The second-order valence-corrected chi connectivity index (χ2v) is 4.06. The van der Waals surface area contributed by atoms with E-state index in [0.717, 1.165) is 5.56 Å². The Kier molecular flexibility index (Phi) is 3.56. The van der Waals surface area contributed by atoms with Gasteiger partial charge in [0, 0.05) is 12.0 Å². The van der Waals surface area contributed by atoms with Gasteiger partial charge in [0.2, 0.25) is 5.82 Å². The van der Waals surface area contributed by atoms with Crippen molar-refractivity contribution in [1.82, 2.24) is 4.98 Å². The molecule has 0 aliphatic carbocycles. The average molecular weight is 255 g/mol. The summed E-state index contributed by atoms with van der Waals surface area (Å²) in [6, 6.07) is 11.1. The van der Waals surface area contributed by atoms with Crippen molar-refractivity contribution in [2.24, 2.45) is 0 Å². The van der Waals surface area contributed by atoms with Gasteiger partial charge in [-0.05, 0) is 17.7 Å². The van der Waals surface area contributed by atoms with Crippen molar-refractivity contribution in [3.63, 3.8) is 0 Å². The minimum absolute atomic E-state index is 0.0756. The molecule has 0 aliphatic rings. The second kappa shape index (κ2) is 5.30. The summed E-state index contributed by atoms with van der Waals surface area (Å²) < 4.78 is 0. The zero-order valence-corrected chi connectivity index (χ0v) is 10.2. The van der Waals surface area contributed by atoms with E-state index in [9.17, 15) is 10.1 Å². The van der Waals surface area contributed by atoms with Crippen molar-refractivity contribution in [3.8, 4) is 0 Å². The average Bonchev–Trinajstić information content (AvgIpc) is 2.38. The van der Waals surface area contributed by atoms with Crippen molar-refractivity contribution in [2.75, 3.05) is 5.73 Å². The lowest BCUT2D eigenvalue weighted by molar-refractivity contribution is -0.384. The van der Waals surface area contributed by atoms with Crippen LogP contribution in [0.4, 0.5) is 11.5 Å². The van der Waals surface area contributed by atoms with E-state index in [4.69, 9.17) is 5.73 Å². The molecule has 5 heteroatoms. The fourth-order valence-corrected chi connectivity index (χ4v) is 1.90. The molecule has 5 nitrogen and oxygen atoms in total. The van der Waals surface area contributed by atoms with Crippen LogP contribution in [0.2, 0.25) is 0 Å². The zero-order chi connectivity index (χ0) is 13.8. The number of nitrogens with two attached hydrogens (primary N) is 1. The van der Waals surface area contributed by atoms with Gasteiger partial charge in [-0.25, -0.2) is 4.98 Å². The largest absolute Gasteiger partial charge is 0.378 e. The minimum Gasteiger partial charge on any atom is -0.378 e. The molecule has 0 fully saturated rings. The highest BCUT2D eigenvalue weighted by Gasteiger charge is 2.20. The van der Waals surface area contributed by atoms with Gasteiger partial charge in [-0.15, -0.1) is 0 Å². The lowest BCUT2D eigenvalue weighted by Crippen LogP contribution is -2.05. The standard InChI is InChI=1S/C14H13N3O2/c1-2-12-9-11(8-10-6-4-3-5-7-10)13(17(18)19)14(15)16-12/h2-7,9H,1,8H2,(H2,15,16). The van der Waals surface area contributed by atoms with Crippen LogP contribution < -0.4 is 5.73 Å². The molecule has 0 aliphatic heterocycles. The number of rotatable bonds is 4. The van der Waals surface area contributed by atoms with Gasteiger partial charge < -0.3 is 5.73 Å². The molecular weight excluding hydrogens is 242 g/mol. The van der Waals surface area contributed by atoms with E-state index in [1.807, 2.05) is 30.3 Å². The molecule has 19 heavy (non-hydrogen) atoms. The molecule has 2 N–H and O–H groups in total. The van der Waals surface area contributed by atoms with E-state index >= 15 is 0 Å². The maximum Gasteiger partial charge on any atom is 0.314 e. The van der Waals surface area contributed by atoms with Crippen LogP contribution in [-0.2, 0) is 6.42 Å². The van der Waals surface area contributed by atoms with Crippen molar-refractivity contribution in [2.45, 2.75) is 6.42 Å². The van der Waals surface area contributed by atoms with Gasteiger partial charge >= 0.3 is 5.69 Å². The molecule has 0 atom stereocenters. The van der Waals surface area contributed by atoms with Crippen LogP contribution in [0, 0.1) is 10.1 Å². The molecule has 1 aromatic heterocycles. The summed E-state index contributed by atoms with van der Waals surface area (Å²) in [5.41, 5.74) is 7.58. The van der Waals surface area contributed by atoms with Gasteiger partial charge in [0.25, 0.3) is 0 Å². The number of hydrogen-bond donors (Lipinski definition) is 1. The van der Waals surface area contributed by atoms with Crippen LogP contribution in [-0.4, -0.2) is 9.91 Å². The Morgan fingerprint density at radius 3 is 2.63 bits per heavy atom. The molecule has 0 saturated heterocycles. The number of nitrogens with zero attached hydrogens (tertiary/aromatic N) is 2. The summed E-state index contributed by atoms with van der Waals surface area (Å²) in [6.45, 7) is 3.61. The molecule has 2 aromatic rings. The van der Waals surface area contributed by atoms with Crippen molar-refractivity contribution in [3.05, 3.63) is 69.9 Å². The van der Waals surface area contributed by atoms with Gasteiger partial charge in [-0.1, -0.05) is 36.9 Å². The summed E-state index contributed by atoms with van der Waals surface area (Å²) in [6.07, 6.45) is 1.96. The van der Waals surface area contributed by atoms with Gasteiger partial charge in [0.05, 0.1) is 10.6 Å². The molecule has 1 heterocycles. The summed E-state index contributed by atoms with van der Waals surface area (Å²) in [4.78, 5) is 14.5. The van der Waals surface area contributed by atoms with E-state index in [0.29, 0.717) is 17.7 Å². The fraction of sp³-hybridized carbons (Fsp3) is 0.0714. The predicted molar refractivity (Wildman–Crippen MR) is 74.6 cm³/mol. The number of aromatic nitrogens is 1. The van der Waals surface area contributed by atoms with E-state index < -0.39 is 4.92 Å². The number of nitro groups is 1. The maximum atomic E-state index is 11.1. The highest BCUT2D eigenvalue weighted by Crippen LogP contribution is 2.27. The van der Waals surface area contributed by atoms with Crippen molar-refractivity contribution in [1.29, 1.82) is 0 Å². The third-order valence-electron chi connectivity index (χ3n) is 2.75. The van der Waals surface area contributed by atoms with Crippen LogP contribution in [0.15, 0.2) is 43.0 Å². The van der Waals surface area contributed by atoms with Crippen LogP contribution in [0.25, 0.3) is 6.08 Å². The highest BCUT2D eigenvalue weighted by molar-refractivity contribution is 5.62. The van der Waals surface area contributed by atoms with E-state index in [2.05, 4.69) is 11.6 Å². The first-order chi connectivity index (χ1) is 9.11.